The van der Waals surface area contributed by atoms with Gasteiger partial charge in [0.25, 0.3) is 0 Å². The predicted molar refractivity (Wildman–Crippen MR) is 68.5 cm³/mol. The summed E-state index contributed by atoms with van der Waals surface area (Å²) in [6.07, 6.45) is 2.21. The van der Waals surface area contributed by atoms with E-state index in [4.69, 9.17) is 5.84 Å². The number of rotatable bonds is 4. The fourth-order valence-corrected chi connectivity index (χ4v) is 1.83. The van der Waals surface area contributed by atoms with E-state index in [1.807, 2.05) is 48.1 Å². The van der Waals surface area contributed by atoms with Crippen molar-refractivity contribution in [3.05, 3.63) is 53.3 Å². The minimum atomic E-state index is -0.195. The lowest BCUT2D eigenvalue weighted by Crippen LogP contribution is -2.31. The van der Waals surface area contributed by atoms with Gasteiger partial charge in [0.05, 0.1) is 18.7 Å². The zero-order valence-corrected chi connectivity index (χ0v) is 10.3. The summed E-state index contributed by atoms with van der Waals surface area (Å²) in [5.74, 6) is 4.91. The topological polar surface area (TPSA) is 72.9 Å². The second-order valence-corrected chi connectivity index (χ2v) is 4.17. The maximum absolute atomic E-state index is 11.3. The maximum atomic E-state index is 11.3. The molecule has 5 heteroatoms. The molecule has 0 atom stereocenters. The van der Waals surface area contributed by atoms with Crippen molar-refractivity contribution in [3.8, 4) is 0 Å². The summed E-state index contributed by atoms with van der Waals surface area (Å²) in [7, 11) is 0. The summed E-state index contributed by atoms with van der Waals surface area (Å²) in [5.41, 5.74) is 5.17. The molecule has 0 saturated heterocycles. The average Bonchev–Trinajstić information content (AvgIpc) is 2.77. The van der Waals surface area contributed by atoms with Crippen molar-refractivity contribution in [1.82, 2.24) is 15.2 Å². The predicted octanol–water partition coefficient (Wildman–Crippen LogP) is 0.772. The second-order valence-electron chi connectivity index (χ2n) is 4.17. The maximum Gasteiger partial charge on any atom is 0.238 e. The number of aryl methyl sites for hydroxylation is 1. The molecule has 0 aliphatic heterocycles. The zero-order chi connectivity index (χ0) is 13.0. The van der Waals surface area contributed by atoms with E-state index in [2.05, 4.69) is 10.5 Å². The SMILES string of the molecule is Cc1ccn(Cc2ccccc2CC(=O)NN)n1. The second kappa shape index (κ2) is 5.46. The van der Waals surface area contributed by atoms with Crippen LogP contribution in [0, 0.1) is 6.92 Å². The highest BCUT2D eigenvalue weighted by molar-refractivity contribution is 5.78. The van der Waals surface area contributed by atoms with Gasteiger partial charge >= 0.3 is 0 Å². The fourth-order valence-electron chi connectivity index (χ4n) is 1.83. The molecule has 0 fully saturated rings. The number of benzene rings is 1. The number of nitrogens with one attached hydrogen (secondary N) is 1. The van der Waals surface area contributed by atoms with E-state index in [1.165, 1.54) is 0 Å². The first-order chi connectivity index (χ1) is 8.69. The van der Waals surface area contributed by atoms with Gasteiger partial charge < -0.3 is 0 Å². The van der Waals surface area contributed by atoms with Crippen molar-refractivity contribution in [3.63, 3.8) is 0 Å². The van der Waals surface area contributed by atoms with Gasteiger partial charge in [-0.2, -0.15) is 5.10 Å². The lowest BCUT2D eigenvalue weighted by Gasteiger charge is -2.09. The molecule has 1 amide bonds. The highest BCUT2D eigenvalue weighted by atomic mass is 16.2. The Balaban J connectivity index is 2.19. The first-order valence-electron chi connectivity index (χ1n) is 5.75. The Kier molecular flexibility index (Phi) is 3.74. The lowest BCUT2D eigenvalue weighted by molar-refractivity contribution is -0.120. The number of nitrogens with two attached hydrogens (primary N) is 1. The quantitative estimate of drug-likeness (QED) is 0.474. The van der Waals surface area contributed by atoms with Crippen LogP contribution in [0.5, 0.6) is 0 Å². The molecule has 0 aliphatic carbocycles. The van der Waals surface area contributed by atoms with E-state index in [-0.39, 0.29) is 12.3 Å². The zero-order valence-electron chi connectivity index (χ0n) is 10.3. The summed E-state index contributed by atoms with van der Waals surface area (Å²) >= 11 is 0. The lowest BCUT2D eigenvalue weighted by atomic mass is 10.0. The summed E-state index contributed by atoms with van der Waals surface area (Å²) in [4.78, 5) is 11.3. The van der Waals surface area contributed by atoms with Crippen molar-refractivity contribution in [2.75, 3.05) is 0 Å². The summed E-state index contributed by atoms with van der Waals surface area (Å²) < 4.78 is 1.86. The van der Waals surface area contributed by atoms with E-state index in [0.717, 1.165) is 16.8 Å². The molecule has 1 heterocycles. The number of hydrogen-bond donors (Lipinski definition) is 2. The van der Waals surface area contributed by atoms with Gasteiger partial charge in [-0.3, -0.25) is 14.9 Å². The Morgan fingerprint density at radius 1 is 1.33 bits per heavy atom. The molecule has 0 unspecified atom stereocenters. The van der Waals surface area contributed by atoms with Crippen LogP contribution < -0.4 is 11.3 Å². The molecule has 18 heavy (non-hydrogen) atoms. The Morgan fingerprint density at radius 3 is 2.67 bits per heavy atom. The molecule has 1 aromatic carbocycles. The van der Waals surface area contributed by atoms with Gasteiger partial charge in [-0.1, -0.05) is 24.3 Å². The first kappa shape index (κ1) is 12.3. The van der Waals surface area contributed by atoms with E-state index >= 15 is 0 Å². The molecule has 0 spiro atoms. The molecule has 2 aromatic rings. The van der Waals surface area contributed by atoms with Crippen LogP contribution in [0.15, 0.2) is 36.5 Å². The van der Waals surface area contributed by atoms with Crippen molar-refractivity contribution in [2.45, 2.75) is 19.9 Å². The molecule has 2 rings (SSSR count). The standard InChI is InChI=1S/C13H16N4O/c1-10-6-7-17(16-10)9-12-5-3-2-4-11(12)8-13(18)15-14/h2-7H,8-9,14H2,1H3,(H,15,18). The molecule has 3 N–H and O–H groups in total. The molecule has 0 saturated carbocycles. The Labute approximate surface area is 106 Å². The van der Waals surface area contributed by atoms with Crippen LogP contribution in [0.3, 0.4) is 0 Å². The monoisotopic (exact) mass is 244 g/mol. The fraction of sp³-hybridized carbons (Fsp3) is 0.231. The van der Waals surface area contributed by atoms with Crippen LogP contribution in [0.4, 0.5) is 0 Å². The van der Waals surface area contributed by atoms with Gasteiger partial charge in [-0.05, 0) is 24.1 Å². The normalized spacial score (nSPS) is 10.3. The number of hydrogen-bond acceptors (Lipinski definition) is 3. The van der Waals surface area contributed by atoms with Crippen LogP contribution in [-0.2, 0) is 17.8 Å². The van der Waals surface area contributed by atoms with Gasteiger partial charge in [-0.15, -0.1) is 0 Å². The average molecular weight is 244 g/mol. The van der Waals surface area contributed by atoms with Crippen LogP contribution >= 0.6 is 0 Å². The molecule has 94 valence electrons. The molecule has 0 bridgehead atoms. The van der Waals surface area contributed by atoms with E-state index < -0.39 is 0 Å². The Morgan fingerprint density at radius 2 is 2.06 bits per heavy atom. The van der Waals surface area contributed by atoms with Gasteiger partial charge in [0.1, 0.15) is 0 Å². The van der Waals surface area contributed by atoms with Crippen molar-refractivity contribution >= 4 is 5.91 Å². The third-order valence-corrected chi connectivity index (χ3v) is 2.74. The van der Waals surface area contributed by atoms with Crippen molar-refractivity contribution in [2.24, 2.45) is 5.84 Å². The molecule has 1 aromatic heterocycles. The highest BCUT2D eigenvalue weighted by Gasteiger charge is 2.07. The Bertz CT molecular complexity index is 547. The van der Waals surface area contributed by atoms with Crippen LogP contribution in [0.1, 0.15) is 16.8 Å². The smallest absolute Gasteiger partial charge is 0.238 e. The molecule has 0 aliphatic rings. The largest absolute Gasteiger partial charge is 0.294 e. The van der Waals surface area contributed by atoms with Crippen LogP contribution in [0.25, 0.3) is 0 Å². The molecule has 0 radical (unpaired) electrons. The number of nitrogens with zero attached hydrogens (tertiary/aromatic N) is 2. The summed E-state index contributed by atoms with van der Waals surface area (Å²) in [5, 5.41) is 4.34. The van der Waals surface area contributed by atoms with E-state index in [1.54, 1.807) is 0 Å². The highest BCUT2D eigenvalue weighted by Crippen LogP contribution is 2.11. The van der Waals surface area contributed by atoms with Gasteiger partial charge in [0.15, 0.2) is 0 Å². The first-order valence-corrected chi connectivity index (χ1v) is 5.75. The Hall–Kier alpha value is -2.14. The third kappa shape index (κ3) is 2.95. The third-order valence-electron chi connectivity index (χ3n) is 2.74. The number of carbonyl (C=O) groups is 1. The van der Waals surface area contributed by atoms with Crippen LogP contribution in [0.2, 0.25) is 0 Å². The molecule has 5 nitrogen and oxygen atoms in total. The minimum absolute atomic E-state index is 0.195. The summed E-state index contributed by atoms with van der Waals surface area (Å²) in [6.45, 7) is 2.60. The van der Waals surface area contributed by atoms with E-state index in [0.29, 0.717) is 6.54 Å². The van der Waals surface area contributed by atoms with Crippen molar-refractivity contribution < 1.29 is 4.79 Å². The molecular formula is C13H16N4O. The van der Waals surface area contributed by atoms with Crippen molar-refractivity contribution in [1.29, 1.82) is 0 Å². The van der Waals surface area contributed by atoms with E-state index in [9.17, 15) is 4.79 Å². The minimum Gasteiger partial charge on any atom is -0.294 e. The van der Waals surface area contributed by atoms with Gasteiger partial charge in [0.2, 0.25) is 5.91 Å². The van der Waals surface area contributed by atoms with Gasteiger partial charge in [-0.25, -0.2) is 5.84 Å². The summed E-state index contributed by atoms with van der Waals surface area (Å²) in [6, 6.07) is 9.75. The number of hydrazine groups is 1. The van der Waals surface area contributed by atoms with Crippen LogP contribution in [-0.4, -0.2) is 15.7 Å². The molecular weight excluding hydrogens is 228 g/mol. The number of carbonyl (C=O) groups excluding carboxylic acids is 1. The number of amides is 1. The number of aromatic nitrogens is 2. The van der Waals surface area contributed by atoms with Gasteiger partial charge in [0, 0.05) is 6.20 Å².